The third-order valence-electron chi connectivity index (χ3n) is 4.24. The van der Waals surface area contributed by atoms with E-state index in [0.29, 0.717) is 20.1 Å². The number of urea groups is 1. The zero-order valence-electron chi connectivity index (χ0n) is 16.8. The molecular weight excluding hydrogens is 478 g/mol. The van der Waals surface area contributed by atoms with Gasteiger partial charge in [0.05, 0.1) is 10.8 Å². The summed E-state index contributed by atoms with van der Waals surface area (Å²) in [5.74, 6) is -0.106. The number of thiocarbonyl (C=S) groups is 1. The Morgan fingerprint density at radius 3 is 2.88 bits per heavy atom. The molecule has 1 aromatic carbocycles. The minimum atomic E-state index is -0.909. The van der Waals surface area contributed by atoms with Crippen molar-refractivity contribution in [2.75, 3.05) is 5.32 Å². The minimum Gasteiger partial charge on any atom is -0.401 e. The molecule has 10 nitrogen and oxygen atoms in total. The normalized spacial score (nSPS) is 17.9. The van der Waals surface area contributed by atoms with Gasteiger partial charge in [-0.05, 0) is 50.3 Å². The lowest BCUT2D eigenvalue weighted by atomic mass is 10.1. The zero-order valence-corrected chi connectivity index (χ0v) is 19.2. The highest BCUT2D eigenvalue weighted by Crippen LogP contribution is 2.42. The minimum absolute atomic E-state index is 0.267. The van der Waals surface area contributed by atoms with Crippen molar-refractivity contribution in [1.82, 2.24) is 10.1 Å². The molecule has 0 spiro atoms. The van der Waals surface area contributed by atoms with Crippen LogP contribution in [0.5, 0.6) is 0 Å². The first-order chi connectivity index (χ1) is 15.1. The summed E-state index contributed by atoms with van der Waals surface area (Å²) in [6, 6.07) is 8.41. The predicted molar refractivity (Wildman–Crippen MR) is 127 cm³/mol. The summed E-state index contributed by atoms with van der Waals surface area (Å²) in [5, 5.41) is 30.5. The first kappa shape index (κ1) is 23.7. The number of carbonyl (C=O) groups excluding carboxylic acids is 1. The molecule has 1 aliphatic heterocycles. The average Bonchev–Trinajstić information content (AvgIpc) is 3.26. The molecule has 168 valence electrons. The second-order valence-corrected chi connectivity index (χ2v) is 9.76. The first-order valence-electron chi connectivity index (χ1n) is 9.10. The number of thioether (sulfide) groups is 1. The molecule has 2 amide bonds. The van der Waals surface area contributed by atoms with E-state index in [1.807, 2.05) is 13.8 Å². The molecule has 2 heterocycles. The number of nitrogens with one attached hydrogen (secondary N) is 1. The Labute approximate surface area is 197 Å². The molecule has 1 unspecified atom stereocenters. The molecule has 0 aliphatic carbocycles. The average molecular weight is 496 g/mol. The van der Waals surface area contributed by atoms with Crippen molar-refractivity contribution in [2.24, 2.45) is 5.10 Å². The van der Waals surface area contributed by atoms with Crippen molar-refractivity contribution >= 4 is 69.8 Å². The van der Waals surface area contributed by atoms with Crippen LogP contribution < -0.4 is 5.32 Å². The first-order valence-corrected chi connectivity index (χ1v) is 10.7. The SMILES string of the molecule is CC1(C)SC(=S)N(N=CC=Cc2ccc([N+](=O)[O-])o2)C1N(O)C(=O)Nc1cccc(Cl)c1. The largest absolute Gasteiger partial charge is 0.433 e. The highest BCUT2D eigenvalue weighted by Gasteiger charge is 2.50. The zero-order chi connectivity index (χ0) is 23.5. The molecule has 13 heteroatoms. The Balaban J connectivity index is 1.74. The quantitative estimate of drug-likeness (QED) is 0.184. The maximum absolute atomic E-state index is 12.6. The number of hydroxylamine groups is 2. The van der Waals surface area contributed by atoms with Gasteiger partial charge < -0.3 is 9.73 Å². The third kappa shape index (κ3) is 5.46. The number of rotatable bonds is 6. The molecule has 0 radical (unpaired) electrons. The van der Waals surface area contributed by atoms with E-state index in [1.54, 1.807) is 24.3 Å². The predicted octanol–water partition coefficient (Wildman–Crippen LogP) is 5.20. The second kappa shape index (κ2) is 9.69. The van der Waals surface area contributed by atoms with Gasteiger partial charge in [-0.25, -0.2) is 9.80 Å². The highest BCUT2D eigenvalue weighted by atomic mass is 35.5. The van der Waals surface area contributed by atoms with E-state index in [1.165, 1.54) is 47.3 Å². The Bertz CT molecular complexity index is 1100. The van der Waals surface area contributed by atoms with Gasteiger partial charge in [0, 0.05) is 16.9 Å². The van der Waals surface area contributed by atoms with Crippen LogP contribution in [0.4, 0.5) is 16.4 Å². The topological polar surface area (TPSA) is 124 Å². The number of halogens is 1. The summed E-state index contributed by atoms with van der Waals surface area (Å²) in [5.41, 5.74) is 0.415. The van der Waals surface area contributed by atoms with Gasteiger partial charge in [-0.15, -0.1) is 0 Å². The van der Waals surface area contributed by atoms with E-state index in [9.17, 15) is 20.1 Å². The highest BCUT2D eigenvalue weighted by molar-refractivity contribution is 8.24. The maximum atomic E-state index is 12.6. The molecule has 0 saturated carbocycles. The fraction of sp³-hybridized carbons (Fsp3) is 0.211. The number of hydrazone groups is 1. The molecule has 2 aromatic rings. The fourth-order valence-corrected chi connectivity index (χ4v) is 4.84. The molecular formula is C19H18ClN5O5S2. The van der Waals surface area contributed by atoms with E-state index in [4.69, 9.17) is 28.2 Å². The Morgan fingerprint density at radius 1 is 1.47 bits per heavy atom. The van der Waals surface area contributed by atoms with Gasteiger partial charge in [-0.2, -0.15) is 10.2 Å². The third-order valence-corrected chi connectivity index (χ3v) is 6.01. The van der Waals surface area contributed by atoms with Crippen molar-refractivity contribution in [3.05, 3.63) is 63.4 Å². The Morgan fingerprint density at radius 2 is 2.22 bits per heavy atom. The second-order valence-electron chi connectivity index (χ2n) is 7.03. The number of benzene rings is 1. The molecule has 1 aliphatic rings. The van der Waals surface area contributed by atoms with Crippen LogP contribution in [0.15, 0.2) is 52.0 Å². The van der Waals surface area contributed by atoms with Gasteiger partial charge in [0.2, 0.25) is 0 Å². The van der Waals surface area contributed by atoms with Crippen molar-refractivity contribution in [3.63, 3.8) is 0 Å². The lowest BCUT2D eigenvalue weighted by Crippen LogP contribution is -2.54. The summed E-state index contributed by atoms with van der Waals surface area (Å²) >= 11 is 12.6. The smallest absolute Gasteiger partial charge is 0.401 e. The van der Waals surface area contributed by atoms with Gasteiger partial charge in [-0.3, -0.25) is 15.3 Å². The monoisotopic (exact) mass is 495 g/mol. The van der Waals surface area contributed by atoms with Crippen LogP contribution in [-0.4, -0.2) is 47.7 Å². The van der Waals surface area contributed by atoms with Crippen LogP contribution in [0, 0.1) is 10.1 Å². The number of hydrogen-bond acceptors (Lipinski definition) is 8. The van der Waals surface area contributed by atoms with Gasteiger partial charge in [0.25, 0.3) is 0 Å². The van der Waals surface area contributed by atoms with Gasteiger partial charge in [-0.1, -0.05) is 41.6 Å². The lowest BCUT2D eigenvalue weighted by molar-refractivity contribution is -0.402. The Hall–Kier alpha value is -2.93. The number of allylic oxidation sites excluding steroid dienone is 1. The molecule has 1 fully saturated rings. The number of amides is 2. The van der Waals surface area contributed by atoms with Crippen molar-refractivity contribution in [3.8, 4) is 0 Å². The van der Waals surface area contributed by atoms with Crippen LogP contribution >= 0.6 is 35.6 Å². The molecule has 2 N–H and O–H groups in total. The van der Waals surface area contributed by atoms with E-state index < -0.39 is 21.9 Å². The molecule has 0 bridgehead atoms. The van der Waals surface area contributed by atoms with E-state index in [2.05, 4.69) is 10.4 Å². The number of anilines is 1. The number of hydrogen-bond donors (Lipinski definition) is 2. The van der Waals surface area contributed by atoms with Crippen LogP contribution in [-0.2, 0) is 0 Å². The number of furan rings is 1. The fourth-order valence-electron chi connectivity index (χ4n) is 2.86. The van der Waals surface area contributed by atoms with Crippen LogP contribution in [0.25, 0.3) is 6.08 Å². The summed E-state index contributed by atoms with van der Waals surface area (Å²) in [4.78, 5) is 22.7. The number of nitrogens with zero attached hydrogens (tertiary/aromatic N) is 4. The summed E-state index contributed by atoms with van der Waals surface area (Å²) < 4.78 is 4.70. The molecule has 3 rings (SSSR count). The van der Waals surface area contributed by atoms with Crippen LogP contribution in [0.1, 0.15) is 19.6 Å². The van der Waals surface area contributed by atoms with Crippen molar-refractivity contribution < 1.29 is 19.3 Å². The molecule has 1 aromatic heterocycles. The van der Waals surface area contributed by atoms with E-state index >= 15 is 0 Å². The summed E-state index contributed by atoms with van der Waals surface area (Å²) in [6.45, 7) is 3.63. The van der Waals surface area contributed by atoms with Crippen LogP contribution in [0.3, 0.4) is 0 Å². The summed E-state index contributed by atoms with van der Waals surface area (Å²) in [6.07, 6.45) is 3.43. The Kier molecular flexibility index (Phi) is 7.19. The molecule has 32 heavy (non-hydrogen) atoms. The van der Waals surface area contributed by atoms with Gasteiger partial charge in [0.15, 0.2) is 10.5 Å². The van der Waals surface area contributed by atoms with Crippen molar-refractivity contribution in [1.29, 1.82) is 0 Å². The maximum Gasteiger partial charge on any atom is 0.433 e. The van der Waals surface area contributed by atoms with Gasteiger partial charge in [0.1, 0.15) is 10.7 Å². The summed E-state index contributed by atoms with van der Waals surface area (Å²) in [7, 11) is 0. The lowest BCUT2D eigenvalue weighted by Gasteiger charge is -2.34. The standard InChI is InChI=1S/C19H18ClN5O5S2/c1-19(2)16(24(27)17(26)22-13-6-3-5-12(20)11-13)23(18(31)32-19)21-10-4-7-14-8-9-15(30-14)25(28)29/h3-11,16,27H,1-2H3,(H,22,26). The van der Waals surface area contributed by atoms with Crippen LogP contribution in [0.2, 0.25) is 5.02 Å². The number of carbonyl (C=O) groups is 1. The number of nitro groups is 1. The molecule has 1 saturated heterocycles. The van der Waals surface area contributed by atoms with E-state index in [0.717, 1.165) is 0 Å². The van der Waals surface area contributed by atoms with E-state index in [-0.39, 0.29) is 11.6 Å². The molecule has 1 atom stereocenters. The van der Waals surface area contributed by atoms with Crippen molar-refractivity contribution in [2.45, 2.75) is 24.8 Å². The van der Waals surface area contributed by atoms with Gasteiger partial charge >= 0.3 is 11.9 Å².